The van der Waals surface area contributed by atoms with Crippen LogP contribution in [0.5, 0.6) is 0 Å². The zero-order chi connectivity index (χ0) is 23.2. The summed E-state index contributed by atoms with van der Waals surface area (Å²) in [5, 5.41) is 5.84. The summed E-state index contributed by atoms with van der Waals surface area (Å²) in [5.74, 6) is 0.00575. The summed E-state index contributed by atoms with van der Waals surface area (Å²) >= 11 is 0. The van der Waals surface area contributed by atoms with Crippen molar-refractivity contribution in [2.24, 2.45) is 0 Å². The molecule has 2 aromatic rings. The molecule has 2 saturated carbocycles. The first kappa shape index (κ1) is 22.8. The van der Waals surface area contributed by atoms with Gasteiger partial charge in [0.2, 0.25) is 5.91 Å². The molecule has 174 valence electrons. The van der Waals surface area contributed by atoms with Gasteiger partial charge in [-0.05, 0) is 48.9 Å². The van der Waals surface area contributed by atoms with Crippen LogP contribution in [0, 0.1) is 0 Å². The number of carbonyl (C=O) groups excluding carboxylic acids is 3. The summed E-state index contributed by atoms with van der Waals surface area (Å²) < 4.78 is 0. The van der Waals surface area contributed by atoms with Gasteiger partial charge in [-0.2, -0.15) is 0 Å². The van der Waals surface area contributed by atoms with Crippen LogP contribution in [-0.2, 0) is 17.9 Å². The molecule has 0 unspecified atom stereocenters. The molecule has 0 spiro atoms. The minimum Gasteiger partial charge on any atom is -0.349 e. The van der Waals surface area contributed by atoms with Crippen molar-refractivity contribution in [2.45, 2.75) is 57.3 Å². The largest absolute Gasteiger partial charge is 0.349 e. The van der Waals surface area contributed by atoms with Crippen molar-refractivity contribution in [1.29, 1.82) is 0 Å². The standard InChI is InChI=1S/C26H32N4O3/c1-29(17-19-5-3-2-4-6-19)26(33)27-16-15-24(31)30(23-13-14-23)18-20-7-9-21(10-8-20)25(32)28-22-11-12-22/h2-10,22-23H,11-18H2,1H3,(H,27,33)(H,28,32). The molecule has 4 amide bonds. The van der Waals surface area contributed by atoms with Crippen molar-refractivity contribution in [3.63, 3.8) is 0 Å². The molecular weight excluding hydrogens is 416 g/mol. The molecule has 0 radical (unpaired) electrons. The van der Waals surface area contributed by atoms with Crippen LogP contribution in [0.3, 0.4) is 0 Å². The SMILES string of the molecule is CN(Cc1ccccc1)C(=O)NCCC(=O)N(Cc1ccc(C(=O)NC2CC2)cc1)C1CC1. The summed E-state index contributed by atoms with van der Waals surface area (Å²) in [4.78, 5) is 40.9. The Hall–Kier alpha value is -3.35. The summed E-state index contributed by atoms with van der Waals surface area (Å²) in [6, 6.07) is 17.7. The Morgan fingerprint density at radius 3 is 2.18 bits per heavy atom. The Kier molecular flexibility index (Phi) is 7.27. The molecule has 2 aliphatic rings. The third-order valence-corrected chi connectivity index (χ3v) is 6.01. The average molecular weight is 449 g/mol. The average Bonchev–Trinajstić information content (AvgIpc) is 3.74. The second-order valence-electron chi connectivity index (χ2n) is 9.02. The molecule has 0 aromatic heterocycles. The molecule has 0 bridgehead atoms. The van der Waals surface area contributed by atoms with Crippen LogP contribution in [0.25, 0.3) is 0 Å². The van der Waals surface area contributed by atoms with Crippen LogP contribution < -0.4 is 10.6 Å². The van der Waals surface area contributed by atoms with Gasteiger partial charge in [0.25, 0.3) is 5.91 Å². The number of nitrogens with one attached hydrogen (secondary N) is 2. The number of rotatable bonds is 10. The fraction of sp³-hybridized carbons (Fsp3) is 0.423. The third-order valence-electron chi connectivity index (χ3n) is 6.01. The molecule has 0 aliphatic heterocycles. The Morgan fingerprint density at radius 2 is 1.55 bits per heavy atom. The van der Waals surface area contributed by atoms with E-state index in [2.05, 4.69) is 10.6 Å². The monoisotopic (exact) mass is 448 g/mol. The van der Waals surface area contributed by atoms with Gasteiger partial charge in [0, 0.05) is 50.7 Å². The van der Waals surface area contributed by atoms with Crippen molar-refractivity contribution in [3.05, 3.63) is 71.3 Å². The van der Waals surface area contributed by atoms with Gasteiger partial charge in [-0.3, -0.25) is 9.59 Å². The van der Waals surface area contributed by atoms with Crippen molar-refractivity contribution < 1.29 is 14.4 Å². The lowest BCUT2D eigenvalue weighted by Gasteiger charge is -2.23. The van der Waals surface area contributed by atoms with Gasteiger partial charge < -0.3 is 20.4 Å². The highest BCUT2D eigenvalue weighted by Gasteiger charge is 2.32. The van der Waals surface area contributed by atoms with E-state index in [0.717, 1.165) is 36.8 Å². The van der Waals surface area contributed by atoms with Gasteiger partial charge in [-0.25, -0.2) is 4.79 Å². The van der Waals surface area contributed by atoms with Crippen LogP contribution >= 0.6 is 0 Å². The molecule has 2 N–H and O–H groups in total. The number of hydrogen-bond acceptors (Lipinski definition) is 3. The first-order chi connectivity index (χ1) is 16.0. The van der Waals surface area contributed by atoms with Gasteiger partial charge in [-0.1, -0.05) is 42.5 Å². The highest BCUT2D eigenvalue weighted by atomic mass is 16.2. The highest BCUT2D eigenvalue weighted by Crippen LogP contribution is 2.29. The van der Waals surface area contributed by atoms with Crippen molar-refractivity contribution >= 4 is 17.8 Å². The zero-order valence-electron chi connectivity index (χ0n) is 19.1. The summed E-state index contributed by atoms with van der Waals surface area (Å²) in [6.45, 7) is 1.35. The molecule has 2 fully saturated rings. The van der Waals surface area contributed by atoms with Gasteiger partial charge in [0.1, 0.15) is 0 Å². The van der Waals surface area contributed by atoms with Gasteiger partial charge in [0.15, 0.2) is 0 Å². The first-order valence-electron chi connectivity index (χ1n) is 11.7. The Labute approximate surface area is 195 Å². The van der Waals surface area contributed by atoms with E-state index in [9.17, 15) is 14.4 Å². The normalized spacial score (nSPS) is 14.9. The van der Waals surface area contributed by atoms with E-state index >= 15 is 0 Å². The maximum atomic E-state index is 12.9. The van der Waals surface area contributed by atoms with Gasteiger partial charge in [0.05, 0.1) is 0 Å². The molecule has 0 heterocycles. The lowest BCUT2D eigenvalue weighted by Crippen LogP contribution is -2.40. The number of urea groups is 1. The maximum Gasteiger partial charge on any atom is 0.317 e. The van der Waals surface area contributed by atoms with E-state index in [4.69, 9.17) is 0 Å². The van der Waals surface area contributed by atoms with E-state index in [1.54, 1.807) is 11.9 Å². The van der Waals surface area contributed by atoms with E-state index in [1.807, 2.05) is 59.5 Å². The van der Waals surface area contributed by atoms with E-state index in [-0.39, 0.29) is 30.3 Å². The first-order valence-corrected chi connectivity index (χ1v) is 11.7. The zero-order valence-corrected chi connectivity index (χ0v) is 19.1. The van der Waals surface area contributed by atoms with Crippen molar-refractivity contribution in [3.8, 4) is 0 Å². The quantitative estimate of drug-likeness (QED) is 0.585. The Morgan fingerprint density at radius 1 is 0.879 bits per heavy atom. The van der Waals surface area contributed by atoms with E-state index in [0.29, 0.717) is 31.2 Å². The molecule has 4 rings (SSSR count). The van der Waals surface area contributed by atoms with E-state index in [1.165, 1.54) is 0 Å². The summed E-state index contributed by atoms with van der Waals surface area (Å²) in [7, 11) is 1.75. The van der Waals surface area contributed by atoms with Gasteiger partial charge >= 0.3 is 6.03 Å². The lowest BCUT2D eigenvalue weighted by molar-refractivity contribution is -0.132. The minimum absolute atomic E-state index is 0.0350. The highest BCUT2D eigenvalue weighted by molar-refractivity contribution is 5.94. The topological polar surface area (TPSA) is 81.8 Å². The lowest BCUT2D eigenvalue weighted by atomic mass is 10.1. The van der Waals surface area contributed by atoms with Crippen LogP contribution in [0.2, 0.25) is 0 Å². The summed E-state index contributed by atoms with van der Waals surface area (Å²) in [6.07, 6.45) is 4.42. The van der Waals surface area contributed by atoms with Crippen molar-refractivity contribution in [1.82, 2.24) is 20.4 Å². The van der Waals surface area contributed by atoms with Crippen LogP contribution in [0.15, 0.2) is 54.6 Å². The molecule has 0 atom stereocenters. The fourth-order valence-electron chi connectivity index (χ4n) is 3.75. The van der Waals surface area contributed by atoms with Crippen molar-refractivity contribution in [2.75, 3.05) is 13.6 Å². The number of hydrogen-bond donors (Lipinski definition) is 2. The minimum atomic E-state index is -0.190. The maximum absolute atomic E-state index is 12.9. The molecule has 7 nitrogen and oxygen atoms in total. The third kappa shape index (κ3) is 6.81. The Balaban J connectivity index is 1.23. The van der Waals surface area contributed by atoms with Crippen LogP contribution in [-0.4, -0.2) is 53.3 Å². The second-order valence-corrected chi connectivity index (χ2v) is 9.02. The predicted molar refractivity (Wildman–Crippen MR) is 126 cm³/mol. The smallest absolute Gasteiger partial charge is 0.317 e. The molecular formula is C26H32N4O3. The van der Waals surface area contributed by atoms with E-state index < -0.39 is 0 Å². The predicted octanol–water partition coefficient (Wildman–Crippen LogP) is 3.30. The van der Waals surface area contributed by atoms with Crippen LogP contribution in [0.1, 0.15) is 53.6 Å². The van der Waals surface area contributed by atoms with Crippen LogP contribution in [0.4, 0.5) is 4.79 Å². The number of carbonyl (C=O) groups is 3. The molecule has 7 heteroatoms. The second kappa shape index (κ2) is 10.5. The molecule has 2 aromatic carbocycles. The van der Waals surface area contributed by atoms with Gasteiger partial charge in [-0.15, -0.1) is 0 Å². The summed E-state index contributed by atoms with van der Waals surface area (Å²) in [5.41, 5.74) is 2.71. The number of nitrogens with zero attached hydrogens (tertiary/aromatic N) is 2. The number of amides is 4. The molecule has 0 saturated heterocycles. The fourth-order valence-corrected chi connectivity index (χ4v) is 3.75. The Bertz CT molecular complexity index is 969. The molecule has 2 aliphatic carbocycles. The molecule has 33 heavy (non-hydrogen) atoms. The number of benzene rings is 2.